The van der Waals surface area contributed by atoms with Crippen LogP contribution < -0.4 is 10.2 Å². The smallest absolute Gasteiger partial charge is 0.194 e. The summed E-state index contributed by atoms with van der Waals surface area (Å²) in [6.45, 7) is 6.09. The molecule has 0 bridgehead atoms. The van der Waals surface area contributed by atoms with Gasteiger partial charge in [-0.3, -0.25) is 0 Å². The van der Waals surface area contributed by atoms with Gasteiger partial charge in [-0.15, -0.1) is 11.3 Å². The quantitative estimate of drug-likeness (QED) is 0.679. The van der Waals surface area contributed by atoms with Gasteiger partial charge in [0, 0.05) is 39.1 Å². The fraction of sp³-hybridized carbons (Fsp3) is 0.765. The van der Waals surface area contributed by atoms with Crippen molar-refractivity contribution in [2.24, 2.45) is 16.8 Å². The highest BCUT2D eigenvalue weighted by atomic mass is 32.1. The van der Waals surface area contributed by atoms with Gasteiger partial charge in [0.2, 0.25) is 0 Å². The Kier molecular flexibility index (Phi) is 5.41. The Labute approximate surface area is 143 Å². The van der Waals surface area contributed by atoms with E-state index >= 15 is 0 Å². The standard InChI is InChI=1S/C17H29N5S/c1-4-18-16(19-9-15-12-23-17(20-15)21(2)3)22-10-13-7-5-6-8-14(13)11-22/h12-14H,4-11H2,1-3H3,(H,18,19). The molecule has 1 saturated heterocycles. The molecular weight excluding hydrogens is 306 g/mol. The van der Waals surface area contributed by atoms with E-state index in [1.165, 1.54) is 38.8 Å². The maximum atomic E-state index is 4.85. The second kappa shape index (κ2) is 7.51. The molecule has 2 fully saturated rings. The third-order valence-corrected chi connectivity index (χ3v) is 5.98. The number of thiazole rings is 1. The fourth-order valence-electron chi connectivity index (χ4n) is 3.73. The first-order valence-corrected chi connectivity index (χ1v) is 9.70. The van der Waals surface area contributed by atoms with Crippen molar-refractivity contribution in [1.82, 2.24) is 15.2 Å². The lowest BCUT2D eigenvalue weighted by atomic mass is 9.82. The molecule has 3 rings (SSSR count). The van der Waals surface area contributed by atoms with Crippen LogP contribution in [0.3, 0.4) is 0 Å². The average Bonchev–Trinajstić information content (AvgIpc) is 3.17. The normalized spacial score (nSPS) is 24.7. The zero-order chi connectivity index (χ0) is 16.2. The summed E-state index contributed by atoms with van der Waals surface area (Å²) in [4.78, 5) is 14.0. The lowest BCUT2D eigenvalue weighted by molar-refractivity contribution is 0.299. The molecule has 2 unspecified atom stereocenters. The molecule has 5 nitrogen and oxygen atoms in total. The molecule has 1 N–H and O–H groups in total. The van der Waals surface area contributed by atoms with E-state index < -0.39 is 0 Å². The second-order valence-corrected chi connectivity index (χ2v) is 7.73. The van der Waals surface area contributed by atoms with Crippen LogP contribution in [0.25, 0.3) is 0 Å². The Morgan fingerprint density at radius 3 is 2.61 bits per heavy atom. The van der Waals surface area contributed by atoms with E-state index in [0.29, 0.717) is 6.54 Å². The van der Waals surface area contributed by atoms with Crippen LogP contribution in [-0.4, -0.2) is 49.6 Å². The Morgan fingerprint density at radius 1 is 1.35 bits per heavy atom. The van der Waals surface area contributed by atoms with E-state index in [9.17, 15) is 0 Å². The van der Waals surface area contributed by atoms with Crippen molar-refractivity contribution in [3.63, 3.8) is 0 Å². The van der Waals surface area contributed by atoms with Crippen LogP contribution >= 0.6 is 11.3 Å². The molecule has 1 aliphatic heterocycles. The summed E-state index contributed by atoms with van der Waals surface area (Å²) in [5.41, 5.74) is 1.06. The van der Waals surface area contributed by atoms with Crippen molar-refractivity contribution in [2.45, 2.75) is 39.2 Å². The number of hydrogen-bond acceptors (Lipinski definition) is 4. The van der Waals surface area contributed by atoms with Gasteiger partial charge in [0.15, 0.2) is 11.1 Å². The number of aliphatic imine (C=N–C) groups is 1. The monoisotopic (exact) mass is 335 g/mol. The summed E-state index contributed by atoms with van der Waals surface area (Å²) >= 11 is 1.68. The third-order valence-electron chi connectivity index (χ3n) is 4.92. The van der Waals surface area contributed by atoms with Crippen molar-refractivity contribution < 1.29 is 0 Å². The maximum Gasteiger partial charge on any atom is 0.194 e. The molecule has 2 atom stereocenters. The first-order valence-electron chi connectivity index (χ1n) is 8.82. The molecule has 0 radical (unpaired) electrons. The first kappa shape index (κ1) is 16.6. The van der Waals surface area contributed by atoms with Crippen LogP contribution in [0.2, 0.25) is 0 Å². The van der Waals surface area contributed by atoms with Crippen LogP contribution in [-0.2, 0) is 6.54 Å². The molecular formula is C17H29N5S. The fourth-order valence-corrected chi connectivity index (χ4v) is 4.48. The van der Waals surface area contributed by atoms with E-state index in [1.807, 2.05) is 19.0 Å². The number of rotatable bonds is 4. The first-order chi connectivity index (χ1) is 11.2. The van der Waals surface area contributed by atoms with E-state index in [1.54, 1.807) is 11.3 Å². The van der Waals surface area contributed by atoms with Gasteiger partial charge in [-0.2, -0.15) is 0 Å². The summed E-state index contributed by atoms with van der Waals surface area (Å²) < 4.78 is 0. The summed E-state index contributed by atoms with van der Waals surface area (Å²) in [7, 11) is 4.06. The number of hydrogen-bond donors (Lipinski definition) is 1. The van der Waals surface area contributed by atoms with Crippen LogP contribution in [0.1, 0.15) is 38.3 Å². The Hall–Kier alpha value is -1.30. The average molecular weight is 336 g/mol. The number of anilines is 1. The number of nitrogens with one attached hydrogen (secondary N) is 1. The minimum atomic E-state index is 0.665. The molecule has 0 aromatic carbocycles. The summed E-state index contributed by atoms with van der Waals surface area (Å²) in [5.74, 6) is 2.83. The van der Waals surface area contributed by atoms with Crippen molar-refractivity contribution in [1.29, 1.82) is 0 Å². The SMILES string of the molecule is CCNC(=NCc1csc(N(C)C)n1)N1CC2CCCCC2C1. The molecule has 1 aromatic rings. The highest BCUT2D eigenvalue weighted by Crippen LogP contribution is 2.36. The minimum absolute atomic E-state index is 0.665. The molecule has 23 heavy (non-hydrogen) atoms. The zero-order valence-electron chi connectivity index (χ0n) is 14.6. The number of fused-ring (bicyclic) bond motifs is 1. The van der Waals surface area contributed by atoms with Gasteiger partial charge in [-0.1, -0.05) is 12.8 Å². The number of aromatic nitrogens is 1. The summed E-state index contributed by atoms with van der Waals surface area (Å²) in [6.07, 6.45) is 5.63. The van der Waals surface area contributed by atoms with Crippen LogP contribution in [0.4, 0.5) is 5.13 Å². The number of likely N-dealkylation sites (tertiary alicyclic amines) is 1. The zero-order valence-corrected chi connectivity index (χ0v) is 15.4. The number of guanidine groups is 1. The van der Waals surface area contributed by atoms with Crippen LogP contribution in [0.5, 0.6) is 0 Å². The lowest BCUT2D eigenvalue weighted by Gasteiger charge is -2.22. The summed E-state index contributed by atoms with van der Waals surface area (Å²) in [6, 6.07) is 0. The largest absolute Gasteiger partial charge is 0.357 e. The van der Waals surface area contributed by atoms with Gasteiger partial charge < -0.3 is 15.1 Å². The van der Waals surface area contributed by atoms with Crippen LogP contribution in [0.15, 0.2) is 10.4 Å². The molecule has 2 heterocycles. The maximum absolute atomic E-state index is 4.85. The number of nitrogens with zero attached hydrogens (tertiary/aromatic N) is 4. The van der Waals surface area contributed by atoms with Gasteiger partial charge in [0.25, 0.3) is 0 Å². The molecule has 6 heteroatoms. The Bertz CT molecular complexity index is 525. The lowest BCUT2D eigenvalue weighted by Crippen LogP contribution is -2.40. The molecule has 1 aromatic heterocycles. The molecule has 2 aliphatic rings. The summed E-state index contributed by atoms with van der Waals surface area (Å²) in [5, 5.41) is 6.64. The van der Waals surface area contributed by atoms with Gasteiger partial charge in [0.05, 0.1) is 12.2 Å². The molecule has 1 aliphatic carbocycles. The molecule has 0 amide bonds. The van der Waals surface area contributed by atoms with Gasteiger partial charge in [-0.05, 0) is 31.6 Å². The Morgan fingerprint density at radius 2 is 2.04 bits per heavy atom. The van der Waals surface area contributed by atoms with E-state index in [2.05, 4.69) is 27.5 Å². The third kappa shape index (κ3) is 3.97. The van der Waals surface area contributed by atoms with Crippen molar-refractivity contribution in [2.75, 3.05) is 38.6 Å². The van der Waals surface area contributed by atoms with Gasteiger partial charge in [-0.25, -0.2) is 9.98 Å². The predicted molar refractivity (Wildman–Crippen MR) is 98.3 cm³/mol. The van der Waals surface area contributed by atoms with E-state index in [-0.39, 0.29) is 0 Å². The van der Waals surface area contributed by atoms with Crippen molar-refractivity contribution in [3.05, 3.63) is 11.1 Å². The van der Waals surface area contributed by atoms with Gasteiger partial charge >= 0.3 is 0 Å². The van der Waals surface area contributed by atoms with Crippen molar-refractivity contribution >= 4 is 22.4 Å². The highest BCUT2D eigenvalue weighted by molar-refractivity contribution is 7.13. The van der Waals surface area contributed by atoms with Crippen LogP contribution in [0, 0.1) is 11.8 Å². The predicted octanol–water partition coefficient (Wildman–Crippen LogP) is 2.80. The Balaban J connectivity index is 1.65. The topological polar surface area (TPSA) is 43.8 Å². The molecule has 1 saturated carbocycles. The van der Waals surface area contributed by atoms with Crippen molar-refractivity contribution in [3.8, 4) is 0 Å². The minimum Gasteiger partial charge on any atom is -0.357 e. The second-order valence-electron chi connectivity index (χ2n) is 6.90. The van der Waals surface area contributed by atoms with E-state index in [4.69, 9.17) is 4.99 Å². The van der Waals surface area contributed by atoms with Gasteiger partial charge in [0.1, 0.15) is 0 Å². The highest BCUT2D eigenvalue weighted by Gasteiger charge is 2.35. The molecule has 128 valence electrons. The van der Waals surface area contributed by atoms with E-state index in [0.717, 1.165) is 35.2 Å². The molecule has 0 spiro atoms.